The minimum Gasteiger partial charge on any atom is -0.474 e. The van der Waals surface area contributed by atoms with Gasteiger partial charge in [-0.15, -0.1) is 0 Å². The number of esters is 4. The molecule has 2 N–H and O–H groups in total. The Morgan fingerprint density at radius 3 is 0.786 bits per heavy atom. The molecule has 0 atom stereocenters. The predicted molar refractivity (Wildman–Crippen MR) is 337 cm³/mol. The summed E-state index contributed by atoms with van der Waals surface area (Å²) in [5.41, 5.74) is -3.54. The highest BCUT2D eigenvalue weighted by Crippen LogP contribution is 2.33. The van der Waals surface area contributed by atoms with Crippen LogP contribution in [0.2, 0.25) is 0 Å². The van der Waals surface area contributed by atoms with Crippen molar-refractivity contribution in [1.29, 1.82) is 0 Å². The van der Waals surface area contributed by atoms with E-state index in [1.165, 1.54) is 120 Å². The number of amides is 7. The van der Waals surface area contributed by atoms with Crippen LogP contribution < -0.4 is 4.72 Å². The standard InChI is InChI=1S/2C13H13NO6S.C9H5NO6S.C7H5NO3S.2C6H9ClO3.C2Cl2O2.CH4/c2*1-13(2,3)20-12(17)11(16)14-10(15)8-6-4-5-7-9(8)21(14,18)19;11-7-5-3-1-2-4-6(5)17(15,16)10(7)8(12)9(13)14;9-7-5-3-1-2-4-6(5)12(10,11)8-7;2*1-6(2,3)10-5(9)4(7)8;3-1(5)2(4)6;/h2*4-7H,1-3H3;1-4H,(H,13,14);1-4H,(H,8,9);2*1-3H3;;1H4. The third kappa shape index (κ3) is 23.2. The van der Waals surface area contributed by atoms with Crippen molar-refractivity contribution in [3.8, 4) is 0 Å². The van der Waals surface area contributed by atoms with Crippen LogP contribution in [0, 0.1) is 0 Å². The van der Waals surface area contributed by atoms with E-state index < -0.39 is 155 Å². The highest BCUT2D eigenvalue weighted by Gasteiger charge is 2.51. The fraction of sp³-hybridized carbons (Fsp3) is 0.298. The Morgan fingerprint density at radius 2 is 0.582 bits per heavy atom. The van der Waals surface area contributed by atoms with E-state index >= 15 is 0 Å². The molecule has 0 fully saturated rings. The second kappa shape index (κ2) is 33.3. The lowest BCUT2D eigenvalue weighted by atomic mass is 10.2. The van der Waals surface area contributed by atoms with Crippen LogP contribution in [0.4, 0.5) is 0 Å². The summed E-state index contributed by atoms with van der Waals surface area (Å²) in [5, 5.41) is 4.00. The molecule has 8 rings (SSSR count). The van der Waals surface area contributed by atoms with Gasteiger partial charge >= 0.3 is 68.5 Å². The molecule has 532 valence electrons. The zero-order chi connectivity index (χ0) is 75.4. The number of nitrogens with zero attached hydrogens (tertiary/aromatic N) is 3. The quantitative estimate of drug-likeness (QED) is 0.125. The maximum atomic E-state index is 12.2. The molecule has 4 aliphatic heterocycles. The van der Waals surface area contributed by atoms with Crippen LogP contribution in [0.1, 0.15) is 132 Å². The monoisotopic (exact) mass is 1530 g/mol. The fourth-order valence-corrected chi connectivity index (χ4v) is 12.5. The molecular weight excluding hydrogens is 1470 g/mol. The van der Waals surface area contributed by atoms with Gasteiger partial charge in [-0.3, -0.25) is 52.7 Å². The molecule has 0 unspecified atom stereocenters. The lowest BCUT2D eigenvalue weighted by Gasteiger charge is -2.20. The number of carboxylic acids is 1. The summed E-state index contributed by atoms with van der Waals surface area (Å²) >= 11 is 18.6. The summed E-state index contributed by atoms with van der Waals surface area (Å²) in [7, 11) is -16.7. The average molecular weight is 1530 g/mol. The van der Waals surface area contributed by atoms with Gasteiger partial charge in [0.25, 0.3) is 63.7 Å². The average Bonchev–Trinajstić information content (AvgIpc) is 1.61. The molecule has 0 bridgehead atoms. The van der Waals surface area contributed by atoms with Crippen LogP contribution in [0.3, 0.4) is 0 Å². The van der Waals surface area contributed by atoms with Crippen molar-refractivity contribution in [2.75, 3.05) is 0 Å². The van der Waals surface area contributed by atoms with Gasteiger partial charge in [-0.05, 0) is 178 Å². The molecule has 0 radical (unpaired) electrons. The van der Waals surface area contributed by atoms with Crippen molar-refractivity contribution in [2.24, 2.45) is 0 Å². The van der Waals surface area contributed by atoms with Crippen molar-refractivity contribution in [3.63, 3.8) is 0 Å². The topological polar surface area (TPSA) is 489 Å². The first-order valence-corrected chi connectivity index (χ1v) is 33.5. The van der Waals surface area contributed by atoms with Gasteiger partial charge in [-0.25, -0.2) is 62.4 Å². The Morgan fingerprint density at radius 1 is 0.357 bits per heavy atom. The minimum atomic E-state index is -4.39. The van der Waals surface area contributed by atoms with Crippen molar-refractivity contribution in [2.45, 2.75) is 132 Å². The van der Waals surface area contributed by atoms with Gasteiger partial charge in [0.05, 0.1) is 22.3 Å². The zero-order valence-electron chi connectivity index (χ0n) is 52.1. The van der Waals surface area contributed by atoms with Crippen molar-refractivity contribution < 1.29 is 134 Å². The molecule has 4 aromatic carbocycles. The van der Waals surface area contributed by atoms with E-state index in [1.54, 1.807) is 53.7 Å². The summed E-state index contributed by atoms with van der Waals surface area (Å²) in [6.45, 7) is 19.1. The Hall–Kier alpha value is -9.24. The van der Waals surface area contributed by atoms with Gasteiger partial charge in [0.1, 0.15) is 42.0 Å². The highest BCUT2D eigenvalue weighted by molar-refractivity contribution is 7.92. The normalized spacial score (nSPS) is 14.9. The molecular formula is C57H58Cl4N4O29S4. The summed E-state index contributed by atoms with van der Waals surface area (Å²) in [6.07, 6.45) is 0. The second-order valence-corrected chi connectivity index (χ2v) is 30.8. The first kappa shape index (κ1) is 86.8. The number of sulfonamides is 4. The van der Waals surface area contributed by atoms with Gasteiger partial charge in [0.2, 0.25) is 0 Å². The number of aliphatic carboxylic acids is 1. The summed E-state index contributed by atoms with van der Waals surface area (Å²) in [5.74, 6) is -15.4. The molecule has 7 amide bonds. The van der Waals surface area contributed by atoms with Crippen LogP contribution in [0.5, 0.6) is 0 Å². The molecule has 4 aromatic rings. The number of hydrogen-bond acceptors (Lipinski definition) is 28. The number of ether oxygens (including phenoxy) is 4. The fourth-order valence-electron chi connectivity index (χ4n) is 6.81. The maximum absolute atomic E-state index is 12.2. The molecule has 0 aliphatic carbocycles. The van der Waals surface area contributed by atoms with E-state index in [2.05, 4.69) is 32.7 Å². The predicted octanol–water partition coefficient (Wildman–Crippen LogP) is 4.30. The number of nitrogens with one attached hydrogen (secondary N) is 1. The number of carbonyl (C=O) groups excluding carboxylic acids is 15. The van der Waals surface area contributed by atoms with E-state index in [1.807, 2.05) is 4.72 Å². The van der Waals surface area contributed by atoms with Crippen LogP contribution in [-0.2, 0) is 117 Å². The lowest BCUT2D eigenvalue weighted by molar-refractivity contribution is -0.165. The van der Waals surface area contributed by atoms with E-state index in [0.29, 0.717) is 0 Å². The molecule has 33 nitrogen and oxygen atoms in total. The van der Waals surface area contributed by atoms with Crippen molar-refractivity contribution >= 4 is 179 Å². The Kier molecular flexibility index (Phi) is 29.5. The Labute approximate surface area is 579 Å². The van der Waals surface area contributed by atoms with E-state index in [0.717, 1.165) is 6.07 Å². The van der Waals surface area contributed by atoms with Crippen LogP contribution in [-0.4, -0.2) is 166 Å². The van der Waals surface area contributed by atoms with Gasteiger partial charge in [-0.1, -0.05) is 56.0 Å². The Bertz CT molecular complexity index is 4270. The number of carboxylic acid groups (broad SMARTS) is 1. The van der Waals surface area contributed by atoms with Crippen molar-refractivity contribution in [1.82, 2.24) is 17.6 Å². The molecule has 0 spiro atoms. The van der Waals surface area contributed by atoms with Crippen LogP contribution >= 0.6 is 46.4 Å². The number of hydrogen-bond donors (Lipinski definition) is 2. The number of carbonyl (C=O) groups is 16. The molecule has 0 saturated carbocycles. The Balaban J connectivity index is 0.000000590. The first-order valence-electron chi connectivity index (χ1n) is 26.2. The minimum absolute atomic E-state index is 0. The molecule has 4 aliphatic rings. The second-order valence-electron chi connectivity index (χ2n) is 22.5. The molecule has 0 aromatic heterocycles. The van der Waals surface area contributed by atoms with Gasteiger partial charge in [0, 0.05) is 0 Å². The molecule has 4 heterocycles. The molecule has 0 saturated heterocycles. The van der Waals surface area contributed by atoms with Gasteiger partial charge in [0.15, 0.2) is 0 Å². The maximum Gasteiger partial charge on any atom is 0.399 e. The largest absolute Gasteiger partial charge is 0.474 e. The zero-order valence-corrected chi connectivity index (χ0v) is 58.4. The first-order chi connectivity index (χ1) is 43.9. The number of fused-ring (bicyclic) bond motifs is 4. The SMILES string of the molecule is C.CC(C)(C)OC(=O)C(=O)Cl.CC(C)(C)OC(=O)C(=O)Cl.CC(C)(C)OC(=O)C(=O)N1C(=O)c2ccccc2S1(=O)=O.CC(C)(C)OC(=O)C(=O)N1C(=O)c2ccccc2S1(=O)=O.O=C(Cl)C(=O)Cl.O=C(O)C(=O)N1C(=O)c2ccccc2S1(=O)=O.O=C1NS(=O)(=O)c2ccccc21. The number of benzene rings is 4. The summed E-state index contributed by atoms with van der Waals surface area (Å²) in [6, 6.07) is 22.0. The molecule has 98 heavy (non-hydrogen) atoms. The van der Waals surface area contributed by atoms with Crippen molar-refractivity contribution in [3.05, 3.63) is 119 Å². The van der Waals surface area contributed by atoms with Gasteiger partial charge < -0.3 is 24.1 Å². The number of imide groups is 3. The summed E-state index contributed by atoms with van der Waals surface area (Å²) in [4.78, 5) is 175. The van der Waals surface area contributed by atoms with Gasteiger partial charge in [-0.2, -0.15) is 12.9 Å². The number of halogens is 4. The van der Waals surface area contributed by atoms with E-state index in [-0.39, 0.29) is 62.2 Å². The number of rotatable bonds is 3. The van der Waals surface area contributed by atoms with Crippen LogP contribution in [0.15, 0.2) is 117 Å². The lowest BCUT2D eigenvalue weighted by Crippen LogP contribution is -2.43. The van der Waals surface area contributed by atoms with Crippen LogP contribution in [0.25, 0.3) is 0 Å². The third-order valence-electron chi connectivity index (χ3n) is 10.3. The highest BCUT2D eigenvalue weighted by atomic mass is 35.5. The third-order valence-corrected chi connectivity index (χ3v) is 17.6. The smallest absolute Gasteiger partial charge is 0.399 e. The van der Waals surface area contributed by atoms with E-state index in [4.69, 9.17) is 37.8 Å². The van der Waals surface area contributed by atoms with E-state index in [9.17, 15) is 110 Å². The summed E-state index contributed by atoms with van der Waals surface area (Å²) < 4.78 is 115. The molecule has 41 heteroatoms.